The summed E-state index contributed by atoms with van der Waals surface area (Å²) in [7, 11) is 1.72. The topological polar surface area (TPSA) is 78.5 Å². The van der Waals surface area contributed by atoms with Crippen LogP contribution in [-0.2, 0) is 0 Å². The number of hydrogen-bond donors (Lipinski definition) is 2. The molecule has 0 unspecified atom stereocenters. The lowest BCUT2D eigenvalue weighted by molar-refractivity contribution is 0.0779. The number of hydrogen-bond acceptors (Lipinski definition) is 3. The molecule has 0 heterocycles. The maximum Gasteiger partial charge on any atom is 0.253 e. The van der Waals surface area contributed by atoms with Crippen molar-refractivity contribution in [3.63, 3.8) is 0 Å². The Kier molecular flexibility index (Phi) is 7.40. The molecule has 0 fully saturated rings. The zero-order valence-electron chi connectivity index (χ0n) is 18.7. The smallest absolute Gasteiger partial charge is 0.253 e. The van der Waals surface area contributed by atoms with Gasteiger partial charge in [-0.15, -0.1) is 0 Å². The standard InChI is InChI=1S/C22H35N3O3/c1-14(2)13-25(9)20(28)17-11-15(18(26)23-21(3,4)5)10-16(12-17)19(27)24-22(6,7)8/h10-12,14H,13H2,1-9H3,(H,23,26)(H,24,27). The van der Waals surface area contributed by atoms with Gasteiger partial charge in [0.05, 0.1) is 0 Å². The summed E-state index contributed by atoms with van der Waals surface area (Å²) in [6.45, 7) is 15.9. The van der Waals surface area contributed by atoms with Crippen molar-refractivity contribution in [2.75, 3.05) is 13.6 Å². The van der Waals surface area contributed by atoms with Crippen molar-refractivity contribution in [2.45, 2.75) is 66.5 Å². The minimum absolute atomic E-state index is 0.219. The average molecular weight is 390 g/mol. The number of nitrogens with one attached hydrogen (secondary N) is 2. The Morgan fingerprint density at radius 1 is 0.821 bits per heavy atom. The molecule has 0 aliphatic rings. The minimum atomic E-state index is -0.431. The number of carbonyl (C=O) groups is 3. The van der Waals surface area contributed by atoms with Gasteiger partial charge in [0.15, 0.2) is 0 Å². The fourth-order valence-electron chi connectivity index (χ4n) is 2.69. The van der Waals surface area contributed by atoms with Crippen LogP contribution in [0.2, 0.25) is 0 Å². The third kappa shape index (κ3) is 7.71. The average Bonchev–Trinajstić information content (AvgIpc) is 2.49. The highest BCUT2D eigenvalue weighted by molar-refractivity contribution is 6.04. The number of rotatable bonds is 5. The van der Waals surface area contributed by atoms with E-state index < -0.39 is 11.1 Å². The Morgan fingerprint density at radius 2 is 1.18 bits per heavy atom. The van der Waals surface area contributed by atoms with Crippen molar-refractivity contribution < 1.29 is 14.4 Å². The normalized spacial score (nSPS) is 11.9. The maximum atomic E-state index is 12.9. The fraction of sp³-hybridized carbons (Fsp3) is 0.591. The van der Waals surface area contributed by atoms with Gasteiger partial charge in [0.1, 0.15) is 0 Å². The summed E-state index contributed by atoms with van der Waals surface area (Å²) < 4.78 is 0. The predicted molar refractivity (Wildman–Crippen MR) is 113 cm³/mol. The van der Waals surface area contributed by atoms with Crippen LogP contribution in [0.3, 0.4) is 0 Å². The Balaban J connectivity index is 3.36. The molecule has 1 aromatic rings. The van der Waals surface area contributed by atoms with Crippen molar-refractivity contribution in [3.8, 4) is 0 Å². The molecule has 6 heteroatoms. The number of carbonyl (C=O) groups excluding carboxylic acids is 3. The quantitative estimate of drug-likeness (QED) is 0.809. The van der Waals surface area contributed by atoms with Crippen molar-refractivity contribution >= 4 is 17.7 Å². The van der Waals surface area contributed by atoms with Gasteiger partial charge in [-0.05, 0) is 65.7 Å². The first kappa shape index (κ1) is 23.7. The van der Waals surface area contributed by atoms with Crippen LogP contribution in [0.4, 0.5) is 0 Å². The van der Waals surface area contributed by atoms with Crippen LogP contribution >= 0.6 is 0 Å². The largest absolute Gasteiger partial charge is 0.347 e. The first-order chi connectivity index (χ1) is 12.6. The number of amides is 3. The highest BCUT2D eigenvalue weighted by Crippen LogP contribution is 2.16. The van der Waals surface area contributed by atoms with Crippen molar-refractivity contribution in [3.05, 3.63) is 34.9 Å². The van der Waals surface area contributed by atoms with E-state index in [1.807, 2.05) is 55.4 Å². The fourth-order valence-corrected chi connectivity index (χ4v) is 2.69. The second-order valence-corrected chi connectivity index (χ2v) is 9.79. The molecule has 0 atom stereocenters. The maximum absolute atomic E-state index is 12.9. The monoisotopic (exact) mass is 389 g/mol. The van der Waals surface area contributed by atoms with E-state index >= 15 is 0 Å². The number of benzene rings is 1. The first-order valence-corrected chi connectivity index (χ1v) is 9.64. The molecule has 0 saturated carbocycles. The van der Waals surface area contributed by atoms with Gasteiger partial charge in [-0.2, -0.15) is 0 Å². The van der Waals surface area contributed by atoms with Crippen molar-refractivity contribution in [1.82, 2.24) is 15.5 Å². The SMILES string of the molecule is CC(C)CN(C)C(=O)c1cc(C(=O)NC(C)(C)C)cc(C(=O)NC(C)(C)C)c1. The summed E-state index contributed by atoms with van der Waals surface area (Å²) in [6, 6.07) is 4.63. The molecule has 0 aromatic heterocycles. The Labute approximate surface area is 169 Å². The molecule has 0 aliphatic heterocycles. The molecular weight excluding hydrogens is 354 g/mol. The van der Waals surface area contributed by atoms with E-state index in [1.54, 1.807) is 24.1 Å². The van der Waals surface area contributed by atoms with Crippen LogP contribution < -0.4 is 10.6 Å². The van der Waals surface area contributed by atoms with Crippen LogP contribution in [0, 0.1) is 5.92 Å². The van der Waals surface area contributed by atoms with Crippen LogP contribution in [-0.4, -0.2) is 47.3 Å². The van der Waals surface area contributed by atoms with Crippen molar-refractivity contribution in [1.29, 1.82) is 0 Å². The van der Waals surface area contributed by atoms with Gasteiger partial charge in [-0.3, -0.25) is 14.4 Å². The molecular formula is C22H35N3O3. The predicted octanol–water partition coefficient (Wildman–Crippen LogP) is 3.47. The van der Waals surface area contributed by atoms with E-state index in [4.69, 9.17) is 0 Å². The lowest BCUT2D eigenvalue weighted by Crippen LogP contribution is -2.42. The molecule has 0 radical (unpaired) electrons. The van der Waals surface area contributed by atoms with Crippen LogP contribution in [0.25, 0.3) is 0 Å². The zero-order valence-corrected chi connectivity index (χ0v) is 18.7. The first-order valence-electron chi connectivity index (χ1n) is 9.64. The minimum Gasteiger partial charge on any atom is -0.347 e. The zero-order chi connectivity index (χ0) is 21.9. The molecule has 1 rings (SSSR count). The van der Waals surface area contributed by atoms with Gasteiger partial charge in [0.25, 0.3) is 17.7 Å². The van der Waals surface area contributed by atoms with Gasteiger partial charge in [0.2, 0.25) is 0 Å². The third-order valence-corrected chi connectivity index (χ3v) is 3.67. The van der Waals surface area contributed by atoms with Gasteiger partial charge in [0, 0.05) is 41.4 Å². The lowest BCUT2D eigenvalue weighted by Gasteiger charge is -2.23. The molecule has 1 aromatic carbocycles. The summed E-state index contributed by atoms with van der Waals surface area (Å²) in [5.41, 5.74) is 0.0398. The van der Waals surface area contributed by atoms with Crippen LogP contribution in [0.15, 0.2) is 18.2 Å². The molecule has 28 heavy (non-hydrogen) atoms. The van der Waals surface area contributed by atoms with Gasteiger partial charge in [-0.1, -0.05) is 13.8 Å². The Bertz CT molecular complexity index is 694. The summed E-state index contributed by atoms with van der Waals surface area (Å²) in [4.78, 5) is 39.8. The van der Waals surface area contributed by atoms with Crippen molar-refractivity contribution in [2.24, 2.45) is 5.92 Å². The molecule has 6 nitrogen and oxygen atoms in total. The van der Waals surface area contributed by atoms with E-state index in [9.17, 15) is 14.4 Å². The van der Waals surface area contributed by atoms with Gasteiger partial charge >= 0.3 is 0 Å². The van der Waals surface area contributed by atoms with E-state index in [1.165, 1.54) is 6.07 Å². The summed E-state index contributed by atoms with van der Waals surface area (Å²) in [6.07, 6.45) is 0. The highest BCUT2D eigenvalue weighted by Gasteiger charge is 2.23. The van der Waals surface area contributed by atoms with E-state index in [0.29, 0.717) is 18.0 Å². The second kappa shape index (κ2) is 8.76. The Morgan fingerprint density at radius 3 is 1.50 bits per heavy atom. The Hall–Kier alpha value is -2.37. The summed E-state index contributed by atoms with van der Waals surface area (Å²) in [5.74, 6) is -0.550. The molecule has 0 saturated heterocycles. The van der Waals surface area contributed by atoms with Gasteiger partial charge < -0.3 is 15.5 Å². The number of nitrogens with zero attached hydrogens (tertiary/aromatic N) is 1. The third-order valence-electron chi connectivity index (χ3n) is 3.67. The molecule has 156 valence electrons. The molecule has 0 spiro atoms. The molecule has 3 amide bonds. The van der Waals surface area contributed by atoms with Crippen LogP contribution in [0.5, 0.6) is 0 Å². The second-order valence-electron chi connectivity index (χ2n) is 9.79. The van der Waals surface area contributed by atoms with E-state index in [-0.39, 0.29) is 28.8 Å². The molecule has 0 aliphatic carbocycles. The van der Waals surface area contributed by atoms with Crippen LogP contribution in [0.1, 0.15) is 86.5 Å². The lowest BCUT2D eigenvalue weighted by atomic mass is 10.0. The molecule has 0 bridgehead atoms. The highest BCUT2D eigenvalue weighted by atomic mass is 16.2. The van der Waals surface area contributed by atoms with Gasteiger partial charge in [-0.25, -0.2) is 0 Å². The summed E-state index contributed by atoms with van der Waals surface area (Å²) >= 11 is 0. The van der Waals surface area contributed by atoms with E-state index in [2.05, 4.69) is 10.6 Å². The molecule has 2 N–H and O–H groups in total. The van der Waals surface area contributed by atoms with E-state index in [0.717, 1.165) is 0 Å². The summed E-state index contributed by atoms with van der Waals surface area (Å²) in [5, 5.41) is 5.76.